The third-order valence-corrected chi connectivity index (χ3v) is 5.40. The van der Waals surface area contributed by atoms with E-state index in [2.05, 4.69) is 53.1 Å². The van der Waals surface area contributed by atoms with E-state index in [9.17, 15) is 4.79 Å². The molecule has 0 N–H and O–H groups in total. The Morgan fingerprint density at radius 2 is 1.93 bits per heavy atom. The largest absolute Gasteiger partial charge is 0.353 e. The van der Waals surface area contributed by atoms with Gasteiger partial charge >= 0.3 is 6.03 Å². The Hall–Kier alpha value is -2.64. The molecule has 144 valence electrons. The van der Waals surface area contributed by atoms with Gasteiger partial charge in [0.1, 0.15) is 0 Å². The second-order valence-electron chi connectivity index (χ2n) is 8.45. The van der Waals surface area contributed by atoms with Crippen molar-refractivity contribution in [1.29, 1.82) is 0 Å². The summed E-state index contributed by atoms with van der Waals surface area (Å²) in [5.41, 5.74) is 1.88. The van der Waals surface area contributed by atoms with Gasteiger partial charge in [-0.05, 0) is 18.6 Å². The lowest BCUT2D eigenvalue weighted by Crippen LogP contribution is -2.28. The van der Waals surface area contributed by atoms with Crippen molar-refractivity contribution in [3.63, 3.8) is 0 Å². The molecule has 2 aliphatic heterocycles. The molecule has 0 spiro atoms. The lowest BCUT2D eigenvalue weighted by molar-refractivity contribution is 0.229. The van der Waals surface area contributed by atoms with Crippen LogP contribution < -0.4 is 9.80 Å². The maximum Gasteiger partial charge on any atom is 0.324 e. The summed E-state index contributed by atoms with van der Waals surface area (Å²) in [6.45, 7) is 9.66. The van der Waals surface area contributed by atoms with E-state index in [1.54, 1.807) is 16.0 Å². The zero-order valence-electron chi connectivity index (χ0n) is 16.5. The summed E-state index contributed by atoms with van der Waals surface area (Å²) in [7, 11) is 1.83. The molecule has 2 aromatic heterocycles. The van der Waals surface area contributed by atoms with Crippen molar-refractivity contribution in [3.05, 3.63) is 30.2 Å². The van der Waals surface area contributed by atoms with Gasteiger partial charge in [0, 0.05) is 44.8 Å². The van der Waals surface area contributed by atoms with E-state index < -0.39 is 0 Å². The number of carbonyl (C=O) groups is 1. The first-order valence-electron chi connectivity index (χ1n) is 9.49. The smallest absolute Gasteiger partial charge is 0.324 e. The van der Waals surface area contributed by atoms with Gasteiger partial charge in [-0.1, -0.05) is 20.8 Å². The van der Waals surface area contributed by atoms with Crippen LogP contribution in [-0.2, 0) is 5.41 Å². The lowest BCUT2D eigenvalue weighted by Gasteiger charge is -2.20. The van der Waals surface area contributed by atoms with Crippen LogP contribution in [0.25, 0.3) is 0 Å². The average Bonchev–Trinajstić information content (AvgIpc) is 3.35. The minimum atomic E-state index is 0.00557. The summed E-state index contributed by atoms with van der Waals surface area (Å²) < 4.78 is 1.98. The Bertz CT molecular complexity index is 823. The highest BCUT2D eigenvalue weighted by molar-refractivity contribution is 5.93. The van der Waals surface area contributed by atoms with Gasteiger partial charge in [-0.25, -0.2) is 4.79 Å². The second-order valence-corrected chi connectivity index (χ2v) is 8.45. The van der Waals surface area contributed by atoms with Crippen molar-refractivity contribution in [2.45, 2.75) is 38.6 Å². The summed E-state index contributed by atoms with van der Waals surface area (Å²) in [6.07, 6.45) is 4.77. The van der Waals surface area contributed by atoms with Crippen molar-refractivity contribution in [1.82, 2.24) is 24.9 Å². The summed E-state index contributed by atoms with van der Waals surface area (Å²) in [4.78, 5) is 17.9. The summed E-state index contributed by atoms with van der Waals surface area (Å²) in [5.74, 6) is 0.911. The molecule has 0 radical (unpaired) electrons. The summed E-state index contributed by atoms with van der Waals surface area (Å²) >= 11 is 0. The first-order chi connectivity index (χ1) is 12.8. The van der Waals surface area contributed by atoms with Crippen LogP contribution in [0, 0.1) is 0 Å². The van der Waals surface area contributed by atoms with Crippen LogP contribution in [0.2, 0.25) is 0 Å². The molecule has 0 aliphatic carbocycles. The van der Waals surface area contributed by atoms with E-state index in [4.69, 9.17) is 0 Å². The quantitative estimate of drug-likeness (QED) is 0.830. The van der Waals surface area contributed by atoms with Gasteiger partial charge in [0.2, 0.25) is 0 Å². The van der Waals surface area contributed by atoms with Crippen molar-refractivity contribution in [2.24, 2.45) is 0 Å². The molecule has 2 fully saturated rings. The van der Waals surface area contributed by atoms with E-state index in [-0.39, 0.29) is 17.5 Å². The highest BCUT2D eigenvalue weighted by Crippen LogP contribution is 2.28. The van der Waals surface area contributed by atoms with Gasteiger partial charge in [-0.3, -0.25) is 9.58 Å². The number of amides is 2. The zero-order valence-corrected chi connectivity index (χ0v) is 16.5. The van der Waals surface area contributed by atoms with E-state index >= 15 is 0 Å². The van der Waals surface area contributed by atoms with Crippen LogP contribution in [-0.4, -0.2) is 64.1 Å². The van der Waals surface area contributed by atoms with Crippen LogP contribution in [0.4, 0.5) is 16.3 Å². The average molecular weight is 369 g/mol. The van der Waals surface area contributed by atoms with E-state index in [1.807, 2.05) is 17.9 Å². The highest BCUT2D eigenvalue weighted by atomic mass is 16.2. The maximum atomic E-state index is 12.2. The molecule has 2 saturated heterocycles. The first-order valence-corrected chi connectivity index (χ1v) is 9.49. The minimum Gasteiger partial charge on any atom is -0.353 e. The maximum absolute atomic E-state index is 12.2. The fourth-order valence-corrected chi connectivity index (χ4v) is 3.61. The van der Waals surface area contributed by atoms with Crippen molar-refractivity contribution >= 4 is 17.5 Å². The monoisotopic (exact) mass is 369 g/mol. The van der Waals surface area contributed by atoms with Crippen molar-refractivity contribution in [2.75, 3.05) is 43.0 Å². The van der Waals surface area contributed by atoms with E-state index in [0.717, 1.165) is 43.3 Å². The molecule has 0 aromatic carbocycles. The van der Waals surface area contributed by atoms with Gasteiger partial charge in [-0.2, -0.15) is 10.2 Å². The molecule has 2 amide bonds. The second kappa shape index (κ2) is 6.51. The third kappa shape index (κ3) is 3.36. The Balaban J connectivity index is 1.43. The number of hydrogen-bond acceptors (Lipinski definition) is 5. The van der Waals surface area contributed by atoms with Gasteiger partial charge in [0.05, 0.1) is 23.6 Å². The molecule has 1 unspecified atom stereocenters. The summed E-state index contributed by atoms with van der Waals surface area (Å²) in [6, 6.07) is 4.44. The molecule has 4 heterocycles. The van der Waals surface area contributed by atoms with Gasteiger partial charge in [0.25, 0.3) is 0 Å². The van der Waals surface area contributed by atoms with Gasteiger partial charge < -0.3 is 9.80 Å². The van der Waals surface area contributed by atoms with Crippen LogP contribution in [0.5, 0.6) is 0 Å². The van der Waals surface area contributed by atoms with E-state index in [1.165, 1.54) is 0 Å². The highest BCUT2D eigenvalue weighted by Gasteiger charge is 2.30. The number of anilines is 2. The number of carbonyl (C=O) groups excluding carboxylic acids is 1. The number of hydrogen-bond donors (Lipinski definition) is 0. The molecule has 4 rings (SSSR count). The Morgan fingerprint density at radius 3 is 2.56 bits per heavy atom. The molecule has 0 saturated carbocycles. The Kier molecular flexibility index (Phi) is 4.28. The fraction of sp³-hybridized carbons (Fsp3) is 0.579. The third-order valence-electron chi connectivity index (χ3n) is 5.40. The Labute approximate surface area is 159 Å². The topological polar surface area (TPSA) is 70.4 Å². The molecule has 0 bridgehead atoms. The predicted octanol–water partition coefficient (Wildman–Crippen LogP) is 2.29. The Morgan fingerprint density at radius 1 is 1.11 bits per heavy atom. The molecular weight excluding hydrogens is 342 g/mol. The van der Waals surface area contributed by atoms with Gasteiger partial charge in [-0.15, -0.1) is 5.10 Å². The number of urea groups is 1. The first kappa shape index (κ1) is 17.8. The normalized spacial score (nSPS) is 20.8. The molecule has 1 atom stereocenters. The standard InChI is InChI=1S/C19H27N7O/c1-19(2,3)16-5-6-17(22-21-16)24-8-7-14(12-24)26-13-15(11-20-26)25-10-9-23(4)18(25)27/h5-6,11,13-14H,7-10,12H2,1-4H3. The zero-order chi connectivity index (χ0) is 19.2. The van der Waals surface area contributed by atoms with Crippen LogP contribution in [0.15, 0.2) is 24.5 Å². The predicted molar refractivity (Wildman–Crippen MR) is 104 cm³/mol. The SMILES string of the molecule is CN1CCN(c2cnn(C3CCN(c4ccc(C(C)(C)C)nn4)C3)c2)C1=O. The molecule has 8 nitrogen and oxygen atoms in total. The van der Waals surface area contributed by atoms with Crippen molar-refractivity contribution in [3.8, 4) is 0 Å². The number of aromatic nitrogens is 4. The number of nitrogens with zero attached hydrogens (tertiary/aromatic N) is 7. The van der Waals surface area contributed by atoms with Gasteiger partial charge in [0.15, 0.2) is 5.82 Å². The molecule has 2 aromatic rings. The van der Waals surface area contributed by atoms with Crippen molar-refractivity contribution < 1.29 is 4.79 Å². The fourth-order valence-electron chi connectivity index (χ4n) is 3.61. The summed E-state index contributed by atoms with van der Waals surface area (Å²) in [5, 5.41) is 13.3. The number of likely N-dealkylation sites (N-methyl/N-ethyl adjacent to an activating group) is 1. The van der Waals surface area contributed by atoms with Crippen LogP contribution in [0.3, 0.4) is 0 Å². The van der Waals surface area contributed by atoms with Crippen LogP contribution in [0.1, 0.15) is 38.9 Å². The lowest BCUT2D eigenvalue weighted by atomic mass is 9.92. The molecule has 8 heteroatoms. The van der Waals surface area contributed by atoms with E-state index in [0.29, 0.717) is 6.54 Å². The minimum absolute atomic E-state index is 0.00557. The van der Waals surface area contributed by atoms with Crippen LogP contribution >= 0.6 is 0 Å². The molecular formula is C19H27N7O. The molecule has 27 heavy (non-hydrogen) atoms. The molecule has 2 aliphatic rings. The number of rotatable bonds is 3.